The molecule has 0 N–H and O–H groups in total. The first-order valence-electron chi connectivity index (χ1n) is 6.77. The van der Waals surface area contributed by atoms with Gasteiger partial charge in [-0.05, 0) is 41.5 Å². The summed E-state index contributed by atoms with van der Waals surface area (Å²) < 4.78 is 15.2. The number of carbonyl (C=O) groups is 3. The summed E-state index contributed by atoms with van der Waals surface area (Å²) in [5, 5.41) is 0. The number of rotatable bonds is 2. The standard InChI is InChI=1S/C14H23NO6/c1-13(2,3)20-10(16)7-9-11(17)19-8-15(9)12(18)21-14(4,5)6/h9H,7-8H2,1-6H3. The largest absolute Gasteiger partial charge is 0.460 e. The van der Waals surface area contributed by atoms with Crippen molar-refractivity contribution in [2.75, 3.05) is 6.73 Å². The molecule has 1 unspecified atom stereocenters. The zero-order chi connectivity index (χ0) is 16.4. The van der Waals surface area contributed by atoms with Gasteiger partial charge in [-0.15, -0.1) is 0 Å². The van der Waals surface area contributed by atoms with Gasteiger partial charge in [0.1, 0.15) is 17.2 Å². The third kappa shape index (κ3) is 5.61. The van der Waals surface area contributed by atoms with Crippen LogP contribution in [-0.2, 0) is 23.8 Å². The predicted molar refractivity (Wildman–Crippen MR) is 73.3 cm³/mol. The fourth-order valence-electron chi connectivity index (χ4n) is 1.68. The summed E-state index contributed by atoms with van der Waals surface area (Å²) in [4.78, 5) is 36.6. The van der Waals surface area contributed by atoms with Crippen LogP contribution in [-0.4, -0.2) is 46.9 Å². The number of cyclic esters (lactones) is 1. The van der Waals surface area contributed by atoms with Gasteiger partial charge in [0, 0.05) is 0 Å². The minimum absolute atomic E-state index is 0.221. The van der Waals surface area contributed by atoms with Gasteiger partial charge in [-0.1, -0.05) is 0 Å². The Morgan fingerprint density at radius 3 is 2.14 bits per heavy atom. The highest BCUT2D eigenvalue weighted by atomic mass is 16.6. The minimum atomic E-state index is -1.00. The Kier molecular flexibility index (Phi) is 4.86. The maximum Gasteiger partial charge on any atom is 0.413 e. The Hall–Kier alpha value is -1.79. The minimum Gasteiger partial charge on any atom is -0.460 e. The van der Waals surface area contributed by atoms with Gasteiger partial charge in [-0.25, -0.2) is 9.59 Å². The molecule has 0 aromatic rings. The van der Waals surface area contributed by atoms with Crippen molar-refractivity contribution in [2.24, 2.45) is 0 Å². The number of ether oxygens (including phenoxy) is 3. The maximum atomic E-state index is 12.0. The molecule has 1 fully saturated rings. The van der Waals surface area contributed by atoms with Crippen molar-refractivity contribution in [3.05, 3.63) is 0 Å². The molecular weight excluding hydrogens is 278 g/mol. The summed E-state index contributed by atoms with van der Waals surface area (Å²) in [5.41, 5.74) is -1.35. The molecular formula is C14H23NO6. The van der Waals surface area contributed by atoms with Crippen molar-refractivity contribution >= 4 is 18.0 Å². The summed E-state index contributed by atoms with van der Waals surface area (Å²) in [6, 6.07) is -1.00. The van der Waals surface area contributed by atoms with E-state index in [0.717, 1.165) is 4.90 Å². The van der Waals surface area contributed by atoms with E-state index in [1.54, 1.807) is 41.5 Å². The lowest BCUT2D eigenvalue weighted by Gasteiger charge is -2.26. The van der Waals surface area contributed by atoms with E-state index in [9.17, 15) is 14.4 Å². The van der Waals surface area contributed by atoms with Crippen LogP contribution in [0.1, 0.15) is 48.0 Å². The molecule has 0 spiro atoms. The fraction of sp³-hybridized carbons (Fsp3) is 0.786. The smallest absolute Gasteiger partial charge is 0.413 e. The lowest BCUT2D eigenvalue weighted by atomic mass is 10.1. The van der Waals surface area contributed by atoms with Gasteiger partial charge in [-0.2, -0.15) is 0 Å². The second-order valence-corrected chi connectivity index (χ2v) is 6.85. The molecule has 7 nitrogen and oxygen atoms in total. The van der Waals surface area contributed by atoms with Gasteiger partial charge in [0.15, 0.2) is 6.73 Å². The third-order valence-corrected chi connectivity index (χ3v) is 2.40. The molecule has 0 bridgehead atoms. The molecule has 1 atom stereocenters. The van der Waals surface area contributed by atoms with Crippen LogP contribution in [0.15, 0.2) is 0 Å². The number of nitrogens with zero attached hydrogens (tertiary/aromatic N) is 1. The Morgan fingerprint density at radius 2 is 1.67 bits per heavy atom. The second-order valence-electron chi connectivity index (χ2n) is 6.85. The van der Waals surface area contributed by atoms with Crippen molar-refractivity contribution in [1.82, 2.24) is 4.90 Å². The predicted octanol–water partition coefficient (Wildman–Crippen LogP) is 1.84. The first-order chi connectivity index (χ1) is 9.39. The van der Waals surface area contributed by atoms with Crippen LogP contribution in [0.25, 0.3) is 0 Å². The third-order valence-electron chi connectivity index (χ3n) is 2.40. The molecule has 120 valence electrons. The fourth-order valence-corrected chi connectivity index (χ4v) is 1.68. The number of hydrogen-bond donors (Lipinski definition) is 0. The van der Waals surface area contributed by atoms with Crippen molar-refractivity contribution in [3.63, 3.8) is 0 Å². The molecule has 0 aliphatic carbocycles. The van der Waals surface area contributed by atoms with E-state index in [4.69, 9.17) is 14.2 Å². The maximum absolute atomic E-state index is 12.0. The SMILES string of the molecule is CC(C)(C)OC(=O)CC1C(=O)OCN1C(=O)OC(C)(C)C. The molecule has 21 heavy (non-hydrogen) atoms. The zero-order valence-corrected chi connectivity index (χ0v) is 13.4. The van der Waals surface area contributed by atoms with E-state index >= 15 is 0 Å². The second kappa shape index (κ2) is 5.91. The van der Waals surface area contributed by atoms with E-state index in [-0.39, 0.29) is 13.2 Å². The van der Waals surface area contributed by atoms with Gasteiger partial charge < -0.3 is 14.2 Å². The number of carbonyl (C=O) groups excluding carboxylic acids is 3. The van der Waals surface area contributed by atoms with Crippen LogP contribution in [0.3, 0.4) is 0 Å². The number of hydrogen-bond acceptors (Lipinski definition) is 6. The van der Waals surface area contributed by atoms with Crippen molar-refractivity contribution in [1.29, 1.82) is 0 Å². The highest BCUT2D eigenvalue weighted by Crippen LogP contribution is 2.20. The van der Waals surface area contributed by atoms with Gasteiger partial charge in [0.2, 0.25) is 0 Å². The van der Waals surface area contributed by atoms with Crippen molar-refractivity contribution in [3.8, 4) is 0 Å². The van der Waals surface area contributed by atoms with E-state index in [1.807, 2.05) is 0 Å². The quantitative estimate of drug-likeness (QED) is 0.572. The topological polar surface area (TPSA) is 82.1 Å². The van der Waals surface area contributed by atoms with E-state index in [1.165, 1.54) is 0 Å². The first-order valence-corrected chi connectivity index (χ1v) is 6.77. The van der Waals surface area contributed by atoms with Crippen LogP contribution >= 0.6 is 0 Å². The number of amides is 1. The van der Waals surface area contributed by atoms with Crippen LogP contribution in [0.4, 0.5) is 4.79 Å². The molecule has 1 saturated heterocycles. The van der Waals surface area contributed by atoms with Crippen LogP contribution < -0.4 is 0 Å². The Bertz CT molecular complexity index is 432. The summed E-state index contributed by atoms with van der Waals surface area (Å²) in [7, 11) is 0. The van der Waals surface area contributed by atoms with Crippen LogP contribution in [0.5, 0.6) is 0 Å². The molecule has 0 radical (unpaired) electrons. The molecule has 7 heteroatoms. The summed E-state index contributed by atoms with van der Waals surface area (Å²) in [6.07, 6.45) is -0.947. The molecule has 1 aliphatic heterocycles. The van der Waals surface area contributed by atoms with E-state index in [0.29, 0.717) is 0 Å². The Balaban J connectivity index is 2.71. The van der Waals surface area contributed by atoms with Gasteiger partial charge in [0.25, 0.3) is 0 Å². The zero-order valence-electron chi connectivity index (χ0n) is 13.4. The van der Waals surface area contributed by atoms with Crippen LogP contribution in [0.2, 0.25) is 0 Å². The van der Waals surface area contributed by atoms with Gasteiger partial charge in [0.05, 0.1) is 6.42 Å². The molecule has 1 heterocycles. The molecule has 0 aromatic heterocycles. The monoisotopic (exact) mass is 301 g/mol. The van der Waals surface area contributed by atoms with Crippen molar-refractivity contribution in [2.45, 2.75) is 65.2 Å². The van der Waals surface area contributed by atoms with E-state index < -0.39 is 35.3 Å². The lowest BCUT2D eigenvalue weighted by Crippen LogP contribution is -2.43. The summed E-state index contributed by atoms with van der Waals surface area (Å²) in [5.74, 6) is -1.20. The first kappa shape index (κ1) is 17.3. The number of esters is 2. The van der Waals surface area contributed by atoms with E-state index in [2.05, 4.69) is 0 Å². The summed E-state index contributed by atoms with van der Waals surface area (Å²) in [6.45, 7) is 10.1. The molecule has 1 amide bonds. The molecule has 0 aromatic carbocycles. The average Bonchev–Trinajstić information content (AvgIpc) is 2.55. The Labute approximate surface area is 124 Å². The highest BCUT2D eigenvalue weighted by molar-refractivity contribution is 5.88. The molecule has 1 rings (SSSR count). The van der Waals surface area contributed by atoms with Crippen LogP contribution in [0, 0.1) is 0 Å². The molecule has 0 saturated carbocycles. The summed E-state index contributed by atoms with van der Waals surface area (Å²) >= 11 is 0. The Morgan fingerprint density at radius 1 is 1.14 bits per heavy atom. The normalized spacial score (nSPS) is 19.2. The van der Waals surface area contributed by atoms with Crippen molar-refractivity contribution < 1.29 is 28.6 Å². The van der Waals surface area contributed by atoms with Gasteiger partial charge >= 0.3 is 18.0 Å². The lowest BCUT2D eigenvalue weighted by molar-refractivity contribution is -0.157. The van der Waals surface area contributed by atoms with Gasteiger partial charge in [-0.3, -0.25) is 9.69 Å². The average molecular weight is 301 g/mol. The highest BCUT2D eigenvalue weighted by Gasteiger charge is 2.42. The molecule has 1 aliphatic rings.